The van der Waals surface area contributed by atoms with Gasteiger partial charge in [-0.05, 0) is 65.7 Å². The van der Waals surface area contributed by atoms with Crippen molar-refractivity contribution in [3.63, 3.8) is 0 Å². The van der Waals surface area contributed by atoms with Crippen molar-refractivity contribution < 1.29 is 24.2 Å². The third kappa shape index (κ3) is 8.98. The molecule has 180 valence electrons. The molecular formula is C23H37N3O5S. The highest BCUT2D eigenvalue weighted by Crippen LogP contribution is 2.25. The molecule has 0 saturated heterocycles. The molecule has 0 spiro atoms. The summed E-state index contributed by atoms with van der Waals surface area (Å²) in [6, 6.07) is 4.21. The number of ether oxygens (including phenoxy) is 1. The summed E-state index contributed by atoms with van der Waals surface area (Å²) >= 11 is 4.24. The van der Waals surface area contributed by atoms with Crippen LogP contribution in [0.3, 0.4) is 0 Å². The second kappa shape index (κ2) is 11.4. The number of phenolic OH excluding ortho intramolecular Hbond substituents is 1. The number of carbonyl (C=O) groups excluding carboxylic acids is 3. The van der Waals surface area contributed by atoms with Crippen molar-refractivity contribution in [1.82, 2.24) is 15.5 Å². The molecule has 0 aromatic heterocycles. The largest absolute Gasteiger partial charge is 0.508 e. The van der Waals surface area contributed by atoms with Crippen molar-refractivity contribution in [3.8, 4) is 5.75 Å². The van der Waals surface area contributed by atoms with Gasteiger partial charge in [-0.3, -0.25) is 9.59 Å². The SMILES string of the molecule is CCCN(C(=O)C(CS)NC(=O)OC(C)(C)C)C(C(=O)NC(C)(C)C)c1ccc(O)cc1. The Labute approximate surface area is 196 Å². The number of aromatic hydroxyl groups is 1. The minimum atomic E-state index is -0.984. The van der Waals surface area contributed by atoms with E-state index >= 15 is 0 Å². The predicted molar refractivity (Wildman–Crippen MR) is 128 cm³/mol. The molecule has 1 aromatic carbocycles. The number of rotatable bonds is 8. The van der Waals surface area contributed by atoms with Gasteiger partial charge in [0, 0.05) is 17.8 Å². The number of carbonyl (C=O) groups is 3. The van der Waals surface area contributed by atoms with E-state index in [-0.39, 0.29) is 24.0 Å². The summed E-state index contributed by atoms with van der Waals surface area (Å²) in [6.07, 6.45) is -0.142. The van der Waals surface area contributed by atoms with Crippen LogP contribution in [0.2, 0.25) is 0 Å². The summed E-state index contributed by atoms with van der Waals surface area (Å²) in [4.78, 5) is 40.5. The van der Waals surface area contributed by atoms with Crippen LogP contribution >= 0.6 is 12.6 Å². The zero-order chi connectivity index (χ0) is 24.7. The summed E-state index contributed by atoms with van der Waals surface area (Å²) in [7, 11) is 0. The van der Waals surface area contributed by atoms with E-state index in [1.165, 1.54) is 17.0 Å². The lowest BCUT2D eigenvalue weighted by atomic mass is 10.0. The smallest absolute Gasteiger partial charge is 0.408 e. The Morgan fingerprint density at radius 1 is 1.09 bits per heavy atom. The quantitative estimate of drug-likeness (QED) is 0.438. The number of benzene rings is 1. The molecule has 3 N–H and O–H groups in total. The highest BCUT2D eigenvalue weighted by atomic mass is 32.1. The lowest BCUT2D eigenvalue weighted by Crippen LogP contribution is -2.55. The van der Waals surface area contributed by atoms with Gasteiger partial charge < -0.3 is 25.4 Å². The van der Waals surface area contributed by atoms with Gasteiger partial charge in [0.25, 0.3) is 0 Å². The Kier molecular flexibility index (Phi) is 9.88. The van der Waals surface area contributed by atoms with E-state index < -0.39 is 35.2 Å². The van der Waals surface area contributed by atoms with Crippen molar-refractivity contribution >= 4 is 30.5 Å². The Morgan fingerprint density at radius 3 is 2.09 bits per heavy atom. The molecule has 0 aliphatic carbocycles. The average Bonchev–Trinajstić information content (AvgIpc) is 2.63. The lowest BCUT2D eigenvalue weighted by Gasteiger charge is -2.35. The van der Waals surface area contributed by atoms with Crippen LogP contribution in [0.25, 0.3) is 0 Å². The zero-order valence-electron chi connectivity index (χ0n) is 20.1. The molecule has 8 nitrogen and oxygen atoms in total. The van der Waals surface area contributed by atoms with Crippen LogP contribution in [0.4, 0.5) is 4.79 Å². The van der Waals surface area contributed by atoms with E-state index in [1.54, 1.807) is 32.9 Å². The Bertz CT molecular complexity index is 784. The number of nitrogens with one attached hydrogen (secondary N) is 2. The second-order valence-electron chi connectivity index (χ2n) is 9.65. The Balaban J connectivity index is 3.32. The van der Waals surface area contributed by atoms with Crippen LogP contribution in [0, 0.1) is 0 Å². The first kappa shape index (κ1) is 27.6. The maximum Gasteiger partial charge on any atom is 0.408 e. The maximum absolute atomic E-state index is 13.5. The van der Waals surface area contributed by atoms with Gasteiger partial charge in [0.1, 0.15) is 23.4 Å². The molecule has 0 fully saturated rings. The summed E-state index contributed by atoms with van der Waals surface area (Å²) in [5.74, 6) is -0.728. The Hall–Kier alpha value is -2.42. The van der Waals surface area contributed by atoms with Gasteiger partial charge in [-0.25, -0.2) is 4.79 Å². The van der Waals surface area contributed by atoms with E-state index in [0.717, 1.165) is 0 Å². The van der Waals surface area contributed by atoms with Gasteiger partial charge in [0.05, 0.1) is 0 Å². The van der Waals surface area contributed by atoms with E-state index in [9.17, 15) is 19.5 Å². The number of hydrogen-bond donors (Lipinski definition) is 4. The van der Waals surface area contributed by atoms with E-state index in [0.29, 0.717) is 12.0 Å². The molecule has 0 saturated carbocycles. The molecule has 3 amide bonds. The number of phenols is 1. The molecule has 0 aliphatic rings. The molecule has 1 rings (SSSR count). The average molecular weight is 468 g/mol. The molecule has 0 bridgehead atoms. The monoisotopic (exact) mass is 467 g/mol. The minimum absolute atomic E-state index is 0.0292. The predicted octanol–water partition coefficient (Wildman–Crippen LogP) is 3.41. The number of thiol groups is 1. The van der Waals surface area contributed by atoms with Crippen LogP contribution < -0.4 is 10.6 Å². The second-order valence-corrected chi connectivity index (χ2v) is 10.0. The third-order valence-electron chi connectivity index (χ3n) is 4.19. The first-order valence-electron chi connectivity index (χ1n) is 10.7. The minimum Gasteiger partial charge on any atom is -0.508 e. The molecule has 0 radical (unpaired) electrons. The molecule has 0 aliphatic heterocycles. The number of hydrogen-bond acceptors (Lipinski definition) is 6. The van der Waals surface area contributed by atoms with Crippen molar-refractivity contribution in [2.45, 2.75) is 78.1 Å². The number of amides is 3. The highest BCUT2D eigenvalue weighted by Gasteiger charge is 2.36. The summed E-state index contributed by atoms with van der Waals surface area (Å²) < 4.78 is 5.27. The fourth-order valence-electron chi connectivity index (χ4n) is 3.01. The fourth-order valence-corrected chi connectivity index (χ4v) is 3.26. The molecular weight excluding hydrogens is 430 g/mol. The molecule has 9 heteroatoms. The van der Waals surface area contributed by atoms with Crippen molar-refractivity contribution in [1.29, 1.82) is 0 Å². The molecule has 2 atom stereocenters. The normalized spacial score (nSPS) is 13.6. The van der Waals surface area contributed by atoms with Crippen LogP contribution in [0.5, 0.6) is 5.75 Å². The van der Waals surface area contributed by atoms with E-state index in [1.807, 2.05) is 27.7 Å². The summed E-state index contributed by atoms with van der Waals surface area (Å²) in [5, 5.41) is 15.2. The van der Waals surface area contributed by atoms with Gasteiger partial charge in [-0.1, -0.05) is 19.1 Å². The third-order valence-corrected chi connectivity index (χ3v) is 4.55. The van der Waals surface area contributed by atoms with Crippen molar-refractivity contribution in [3.05, 3.63) is 29.8 Å². The first-order valence-corrected chi connectivity index (χ1v) is 11.3. The highest BCUT2D eigenvalue weighted by molar-refractivity contribution is 7.80. The first-order chi connectivity index (χ1) is 14.7. The van der Waals surface area contributed by atoms with Crippen LogP contribution in [0.1, 0.15) is 66.5 Å². The molecule has 0 heterocycles. The van der Waals surface area contributed by atoms with Gasteiger partial charge in [0.2, 0.25) is 11.8 Å². The molecule has 1 aromatic rings. The summed E-state index contributed by atoms with van der Waals surface area (Å²) in [6.45, 7) is 12.9. The van der Waals surface area contributed by atoms with Gasteiger partial charge in [-0.15, -0.1) is 0 Å². The van der Waals surface area contributed by atoms with E-state index in [2.05, 4.69) is 23.3 Å². The molecule has 32 heavy (non-hydrogen) atoms. The fraction of sp³-hybridized carbons (Fsp3) is 0.609. The molecule has 2 unspecified atom stereocenters. The zero-order valence-corrected chi connectivity index (χ0v) is 21.0. The number of nitrogens with zero attached hydrogens (tertiary/aromatic N) is 1. The van der Waals surface area contributed by atoms with Crippen molar-refractivity contribution in [2.75, 3.05) is 12.3 Å². The van der Waals surface area contributed by atoms with Gasteiger partial charge in [-0.2, -0.15) is 12.6 Å². The standard InChI is InChI=1S/C23H37N3O5S/c1-8-13-26(20(29)17(14-32)24-21(30)31-23(5,6)7)18(19(28)25-22(2,3)4)15-9-11-16(27)12-10-15/h9-12,17-18,27,32H,8,13-14H2,1-7H3,(H,24,30)(H,25,28). The van der Waals surface area contributed by atoms with Gasteiger partial charge in [0.15, 0.2) is 0 Å². The number of alkyl carbamates (subject to hydrolysis) is 1. The van der Waals surface area contributed by atoms with Crippen molar-refractivity contribution in [2.24, 2.45) is 0 Å². The van der Waals surface area contributed by atoms with E-state index in [4.69, 9.17) is 4.74 Å². The lowest BCUT2D eigenvalue weighted by molar-refractivity contribution is -0.142. The van der Waals surface area contributed by atoms with Crippen LogP contribution in [0.15, 0.2) is 24.3 Å². The summed E-state index contributed by atoms with van der Waals surface area (Å²) in [5.41, 5.74) is -0.703. The van der Waals surface area contributed by atoms with Crippen LogP contribution in [-0.2, 0) is 14.3 Å². The topological polar surface area (TPSA) is 108 Å². The van der Waals surface area contributed by atoms with Gasteiger partial charge >= 0.3 is 6.09 Å². The maximum atomic E-state index is 13.5. The van der Waals surface area contributed by atoms with Crippen LogP contribution in [-0.4, -0.2) is 57.4 Å². The Morgan fingerprint density at radius 2 is 1.66 bits per heavy atom.